The molecule has 4 nitrogen and oxygen atoms in total. The minimum absolute atomic E-state index is 0.0134. The van der Waals surface area contributed by atoms with Crippen LogP contribution in [-0.2, 0) is 9.53 Å². The van der Waals surface area contributed by atoms with Crippen molar-refractivity contribution >= 4 is 23.3 Å². The van der Waals surface area contributed by atoms with Crippen LogP contribution >= 0.6 is 11.6 Å². The highest BCUT2D eigenvalue weighted by atomic mass is 35.5. The number of nitrogens with zero attached hydrogens (tertiary/aromatic N) is 1. The first-order valence-electron chi connectivity index (χ1n) is 7.51. The maximum absolute atomic E-state index is 12.5. The van der Waals surface area contributed by atoms with E-state index in [1.54, 1.807) is 24.3 Å². The van der Waals surface area contributed by atoms with Gasteiger partial charge in [-0.05, 0) is 32.9 Å². The summed E-state index contributed by atoms with van der Waals surface area (Å²) >= 11 is 6.01. The predicted molar refractivity (Wildman–Crippen MR) is 86.2 cm³/mol. The zero-order valence-corrected chi connectivity index (χ0v) is 14.0. The van der Waals surface area contributed by atoms with Crippen LogP contribution in [0.4, 0.5) is 0 Å². The smallest absolute Gasteiger partial charge is 0.223 e. The standard InChI is InChI=1S/C17H22ClNO3/c1-12-10-19(17(2,3)11-22-12)16(21)9-8-15(20)13-6-4-5-7-14(13)18/h4-7,12H,8-11H2,1-3H3. The highest BCUT2D eigenvalue weighted by Crippen LogP contribution is 2.24. The Morgan fingerprint density at radius 3 is 2.68 bits per heavy atom. The molecular weight excluding hydrogens is 302 g/mol. The molecule has 0 saturated carbocycles. The third kappa shape index (κ3) is 3.87. The van der Waals surface area contributed by atoms with Gasteiger partial charge in [0.05, 0.1) is 23.3 Å². The quantitative estimate of drug-likeness (QED) is 0.798. The zero-order valence-electron chi connectivity index (χ0n) is 13.3. The molecule has 1 aromatic carbocycles. The molecule has 1 atom stereocenters. The van der Waals surface area contributed by atoms with Gasteiger partial charge in [-0.2, -0.15) is 0 Å². The second-order valence-corrected chi connectivity index (χ2v) is 6.75. The number of hydrogen-bond acceptors (Lipinski definition) is 3. The van der Waals surface area contributed by atoms with Crippen molar-refractivity contribution in [3.8, 4) is 0 Å². The van der Waals surface area contributed by atoms with Crippen molar-refractivity contribution in [2.45, 2.75) is 45.3 Å². The number of morpholine rings is 1. The molecule has 22 heavy (non-hydrogen) atoms. The fraction of sp³-hybridized carbons (Fsp3) is 0.529. The van der Waals surface area contributed by atoms with Crippen LogP contribution in [0.25, 0.3) is 0 Å². The van der Waals surface area contributed by atoms with Gasteiger partial charge < -0.3 is 9.64 Å². The third-order valence-electron chi connectivity index (χ3n) is 3.93. The molecule has 1 saturated heterocycles. The van der Waals surface area contributed by atoms with Crippen LogP contribution in [0.1, 0.15) is 44.0 Å². The van der Waals surface area contributed by atoms with Crippen LogP contribution in [0, 0.1) is 0 Å². The van der Waals surface area contributed by atoms with Gasteiger partial charge in [0.2, 0.25) is 5.91 Å². The van der Waals surface area contributed by atoms with Gasteiger partial charge in [-0.25, -0.2) is 0 Å². The van der Waals surface area contributed by atoms with Crippen LogP contribution in [0.3, 0.4) is 0 Å². The van der Waals surface area contributed by atoms with E-state index in [4.69, 9.17) is 16.3 Å². The fourth-order valence-electron chi connectivity index (χ4n) is 2.60. The Labute approximate surface area is 136 Å². The van der Waals surface area contributed by atoms with Gasteiger partial charge in [0.25, 0.3) is 0 Å². The number of Topliss-reactive ketones (excluding diaryl/α,β-unsaturated/α-hetero) is 1. The Hall–Kier alpha value is -1.39. The van der Waals surface area contributed by atoms with E-state index in [2.05, 4.69) is 0 Å². The Kier molecular flexibility index (Phi) is 5.24. The van der Waals surface area contributed by atoms with E-state index >= 15 is 0 Å². The van der Waals surface area contributed by atoms with E-state index in [1.807, 2.05) is 25.7 Å². The summed E-state index contributed by atoms with van der Waals surface area (Å²) in [5.41, 5.74) is 0.142. The lowest BCUT2D eigenvalue weighted by Gasteiger charge is -2.44. The first-order valence-corrected chi connectivity index (χ1v) is 7.89. The monoisotopic (exact) mass is 323 g/mol. The SMILES string of the molecule is CC1CN(C(=O)CCC(=O)c2ccccc2Cl)C(C)(C)CO1. The normalized spacial score (nSPS) is 20.7. The van der Waals surface area contributed by atoms with Gasteiger partial charge in [0, 0.05) is 24.9 Å². The number of carbonyl (C=O) groups excluding carboxylic acids is 2. The van der Waals surface area contributed by atoms with Crippen molar-refractivity contribution in [1.82, 2.24) is 4.90 Å². The van der Waals surface area contributed by atoms with Crippen molar-refractivity contribution in [3.05, 3.63) is 34.9 Å². The van der Waals surface area contributed by atoms with E-state index in [0.29, 0.717) is 23.7 Å². The van der Waals surface area contributed by atoms with E-state index in [1.165, 1.54) is 0 Å². The van der Waals surface area contributed by atoms with E-state index in [9.17, 15) is 9.59 Å². The number of benzene rings is 1. The molecular formula is C17H22ClNO3. The summed E-state index contributed by atoms with van der Waals surface area (Å²) in [6.07, 6.45) is 0.390. The molecule has 5 heteroatoms. The maximum Gasteiger partial charge on any atom is 0.223 e. The van der Waals surface area contributed by atoms with Gasteiger partial charge in [0.1, 0.15) is 0 Å². The Morgan fingerprint density at radius 2 is 2.00 bits per heavy atom. The summed E-state index contributed by atoms with van der Waals surface area (Å²) in [6.45, 7) is 6.98. The summed E-state index contributed by atoms with van der Waals surface area (Å²) in [5.74, 6) is -0.112. The summed E-state index contributed by atoms with van der Waals surface area (Å²) < 4.78 is 5.61. The van der Waals surface area contributed by atoms with Crippen molar-refractivity contribution in [3.63, 3.8) is 0 Å². The lowest BCUT2D eigenvalue weighted by Crippen LogP contribution is -2.57. The number of hydrogen-bond donors (Lipinski definition) is 0. The summed E-state index contributed by atoms with van der Waals surface area (Å²) in [4.78, 5) is 26.5. The van der Waals surface area contributed by atoms with Crippen molar-refractivity contribution < 1.29 is 14.3 Å². The highest BCUT2D eigenvalue weighted by Gasteiger charge is 2.36. The second-order valence-electron chi connectivity index (χ2n) is 6.34. The summed E-state index contributed by atoms with van der Waals surface area (Å²) in [6, 6.07) is 6.93. The van der Waals surface area contributed by atoms with Crippen LogP contribution < -0.4 is 0 Å². The number of amides is 1. The molecule has 0 aliphatic carbocycles. The lowest BCUT2D eigenvalue weighted by atomic mass is 9.99. The molecule has 1 amide bonds. The third-order valence-corrected chi connectivity index (χ3v) is 4.26. The Balaban J connectivity index is 1.97. The van der Waals surface area contributed by atoms with Crippen LogP contribution in [0.2, 0.25) is 5.02 Å². The van der Waals surface area contributed by atoms with Crippen LogP contribution in [-0.4, -0.2) is 41.4 Å². The maximum atomic E-state index is 12.5. The zero-order chi connectivity index (χ0) is 16.3. The van der Waals surface area contributed by atoms with Crippen molar-refractivity contribution in [2.75, 3.05) is 13.2 Å². The molecule has 1 unspecified atom stereocenters. The molecule has 1 aliphatic heterocycles. The van der Waals surface area contributed by atoms with Gasteiger partial charge in [-0.1, -0.05) is 23.7 Å². The van der Waals surface area contributed by atoms with Crippen LogP contribution in [0.15, 0.2) is 24.3 Å². The highest BCUT2D eigenvalue weighted by molar-refractivity contribution is 6.34. The van der Waals surface area contributed by atoms with E-state index in [0.717, 1.165) is 0 Å². The van der Waals surface area contributed by atoms with Crippen molar-refractivity contribution in [2.24, 2.45) is 0 Å². The number of rotatable bonds is 4. The molecule has 1 fully saturated rings. The van der Waals surface area contributed by atoms with Gasteiger partial charge in [0.15, 0.2) is 5.78 Å². The number of carbonyl (C=O) groups is 2. The molecule has 0 aromatic heterocycles. The van der Waals surface area contributed by atoms with Gasteiger partial charge in [-0.15, -0.1) is 0 Å². The average Bonchev–Trinajstić information content (AvgIpc) is 2.47. The Bertz CT molecular complexity index is 571. The summed E-state index contributed by atoms with van der Waals surface area (Å²) in [7, 11) is 0. The summed E-state index contributed by atoms with van der Waals surface area (Å²) in [5, 5.41) is 0.431. The molecule has 0 spiro atoms. The molecule has 1 aromatic rings. The van der Waals surface area contributed by atoms with Gasteiger partial charge in [-0.3, -0.25) is 9.59 Å². The fourth-order valence-corrected chi connectivity index (χ4v) is 2.84. The predicted octanol–water partition coefficient (Wildman–Crippen LogP) is 3.33. The first kappa shape index (κ1) is 17.0. The average molecular weight is 324 g/mol. The molecule has 1 aliphatic rings. The second kappa shape index (κ2) is 6.80. The van der Waals surface area contributed by atoms with Crippen molar-refractivity contribution in [1.29, 1.82) is 0 Å². The van der Waals surface area contributed by atoms with Gasteiger partial charge >= 0.3 is 0 Å². The number of halogens is 1. The molecule has 2 rings (SSSR count). The first-order chi connectivity index (χ1) is 10.3. The van der Waals surface area contributed by atoms with Crippen LogP contribution in [0.5, 0.6) is 0 Å². The van der Waals surface area contributed by atoms with E-state index < -0.39 is 0 Å². The molecule has 0 bridgehead atoms. The molecule has 120 valence electrons. The largest absolute Gasteiger partial charge is 0.374 e. The Morgan fingerprint density at radius 1 is 1.32 bits per heavy atom. The molecule has 0 N–H and O–H groups in total. The lowest BCUT2D eigenvalue weighted by molar-refractivity contribution is -0.152. The minimum atomic E-state index is -0.336. The molecule has 0 radical (unpaired) electrons. The number of ketones is 1. The molecule has 1 heterocycles. The minimum Gasteiger partial charge on any atom is -0.374 e. The topological polar surface area (TPSA) is 46.6 Å². The number of ether oxygens (including phenoxy) is 1. The van der Waals surface area contributed by atoms with E-state index in [-0.39, 0.29) is 36.2 Å².